The fourth-order valence-corrected chi connectivity index (χ4v) is 3.07. The Hall–Kier alpha value is -1.83. The molecule has 0 bridgehead atoms. The second kappa shape index (κ2) is 6.08. The van der Waals surface area contributed by atoms with Gasteiger partial charge in [0.15, 0.2) is 0 Å². The summed E-state index contributed by atoms with van der Waals surface area (Å²) in [5, 5.41) is 13.1. The minimum Gasteiger partial charge on any atom is -0.480 e. The van der Waals surface area contributed by atoms with Crippen LogP contribution in [0.4, 0.5) is 0 Å². The predicted octanol–water partition coefficient (Wildman–Crippen LogP) is 0.253. The van der Waals surface area contributed by atoms with Crippen LogP contribution < -0.4 is 5.56 Å². The molecular formula is C12H15N3O4S. The monoisotopic (exact) mass is 297 g/mol. The third-order valence-electron chi connectivity index (χ3n) is 2.95. The summed E-state index contributed by atoms with van der Waals surface area (Å²) in [5.41, 5.74) is -0.166. The molecule has 0 aromatic carbocycles. The SMILES string of the molecule is CCCn1nc(C(=O)N2CSC[C@H]2C(=O)O)ccc1=O. The first-order chi connectivity index (χ1) is 9.54. The van der Waals surface area contributed by atoms with Crippen molar-refractivity contribution in [2.75, 3.05) is 11.6 Å². The van der Waals surface area contributed by atoms with Crippen molar-refractivity contribution in [1.29, 1.82) is 0 Å². The predicted molar refractivity (Wildman–Crippen MR) is 73.7 cm³/mol. The van der Waals surface area contributed by atoms with Crippen LogP contribution in [-0.2, 0) is 11.3 Å². The number of amides is 1. The third kappa shape index (κ3) is 2.84. The number of nitrogens with zero attached hydrogens (tertiary/aromatic N) is 3. The van der Waals surface area contributed by atoms with Crippen LogP contribution in [0.1, 0.15) is 23.8 Å². The van der Waals surface area contributed by atoms with Gasteiger partial charge in [0, 0.05) is 18.4 Å². The van der Waals surface area contributed by atoms with E-state index in [9.17, 15) is 14.4 Å². The van der Waals surface area contributed by atoms with Crippen molar-refractivity contribution < 1.29 is 14.7 Å². The molecule has 20 heavy (non-hydrogen) atoms. The van der Waals surface area contributed by atoms with E-state index in [1.54, 1.807) is 0 Å². The summed E-state index contributed by atoms with van der Waals surface area (Å²) in [4.78, 5) is 36.2. The number of thioether (sulfide) groups is 1. The summed E-state index contributed by atoms with van der Waals surface area (Å²) < 4.78 is 1.23. The van der Waals surface area contributed by atoms with Crippen LogP contribution in [-0.4, -0.2) is 49.3 Å². The van der Waals surface area contributed by atoms with E-state index in [-0.39, 0.29) is 11.3 Å². The van der Waals surface area contributed by atoms with Crippen molar-refractivity contribution >= 4 is 23.6 Å². The molecule has 1 atom stereocenters. The molecule has 2 rings (SSSR count). The van der Waals surface area contributed by atoms with Crippen LogP contribution in [0.2, 0.25) is 0 Å². The van der Waals surface area contributed by atoms with E-state index in [4.69, 9.17) is 5.11 Å². The van der Waals surface area contributed by atoms with E-state index in [2.05, 4.69) is 5.10 Å². The molecule has 0 spiro atoms. The Kier molecular flexibility index (Phi) is 4.43. The maximum absolute atomic E-state index is 12.3. The molecule has 7 nitrogen and oxygen atoms in total. The van der Waals surface area contributed by atoms with E-state index >= 15 is 0 Å². The minimum atomic E-state index is -1.02. The van der Waals surface area contributed by atoms with Crippen molar-refractivity contribution in [2.24, 2.45) is 0 Å². The normalized spacial score (nSPS) is 18.2. The standard InChI is InChI=1S/C12H15N3O4S/c1-2-5-15-10(16)4-3-8(13-15)11(17)14-7-20-6-9(14)12(18)19/h3-4,9H,2,5-7H2,1H3,(H,18,19)/t9-/m0/s1. The van der Waals surface area contributed by atoms with E-state index in [1.807, 2.05) is 6.92 Å². The third-order valence-corrected chi connectivity index (χ3v) is 3.96. The zero-order valence-electron chi connectivity index (χ0n) is 11.0. The summed E-state index contributed by atoms with van der Waals surface area (Å²) in [6.07, 6.45) is 0.724. The van der Waals surface area contributed by atoms with Crippen molar-refractivity contribution in [3.63, 3.8) is 0 Å². The van der Waals surface area contributed by atoms with Crippen LogP contribution in [0.3, 0.4) is 0 Å². The number of aromatic nitrogens is 2. The lowest BCUT2D eigenvalue weighted by atomic mass is 10.2. The maximum Gasteiger partial charge on any atom is 0.327 e. The Morgan fingerprint density at radius 2 is 2.25 bits per heavy atom. The molecule has 0 radical (unpaired) electrons. The van der Waals surface area contributed by atoms with Gasteiger partial charge in [-0.2, -0.15) is 5.10 Å². The van der Waals surface area contributed by atoms with Crippen LogP contribution in [0.25, 0.3) is 0 Å². The highest BCUT2D eigenvalue weighted by Crippen LogP contribution is 2.22. The van der Waals surface area contributed by atoms with Crippen LogP contribution >= 0.6 is 11.8 Å². The fraction of sp³-hybridized carbons (Fsp3) is 0.500. The molecule has 1 saturated heterocycles. The average Bonchev–Trinajstić information content (AvgIpc) is 2.90. The summed E-state index contributed by atoms with van der Waals surface area (Å²) in [6.45, 7) is 2.33. The molecule has 1 aliphatic rings. The van der Waals surface area contributed by atoms with Crippen molar-refractivity contribution in [2.45, 2.75) is 25.9 Å². The van der Waals surface area contributed by atoms with E-state index < -0.39 is 17.9 Å². The van der Waals surface area contributed by atoms with Crippen molar-refractivity contribution in [1.82, 2.24) is 14.7 Å². The molecule has 1 N–H and O–H groups in total. The van der Waals surface area contributed by atoms with Gasteiger partial charge < -0.3 is 10.0 Å². The lowest BCUT2D eigenvalue weighted by Gasteiger charge is -2.20. The first-order valence-electron chi connectivity index (χ1n) is 6.24. The van der Waals surface area contributed by atoms with Crippen molar-refractivity contribution in [3.05, 3.63) is 28.2 Å². The molecule has 108 valence electrons. The number of carbonyl (C=O) groups is 2. The van der Waals surface area contributed by atoms with Crippen LogP contribution in [0, 0.1) is 0 Å². The Morgan fingerprint density at radius 1 is 1.50 bits per heavy atom. The Morgan fingerprint density at radius 3 is 2.90 bits per heavy atom. The number of aliphatic carboxylic acids is 1. The highest BCUT2D eigenvalue weighted by Gasteiger charge is 2.35. The van der Waals surface area contributed by atoms with Gasteiger partial charge in [-0.25, -0.2) is 9.48 Å². The molecule has 0 saturated carbocycles. The molecule has 2 heterocycles. The fourth-order valence-electron chi connectivity index (χ4n) is 1.93. The molecule has 0 aliphatic carbocycles. The summed E-state index contributed by atoms with van der Waals surface area (Å²) >= 11 is 1.39. The first kappa shape index (κ1) is 14.6. The highest BCUT2D eigenvalue weighted by atomic mass is 32.2. The smallest absolute Gasteiger partial charge is 0.327 e. The van der Waals surface area contributed by atoms with Gasteiger partial charge in [-0.1, -0.05) is 6.92 Å². The van der Waals surface area contributed by atoms with E-state index in [0.29, 0.717) is 18.2 Å². The van der Waals surface area contributed by atoms with E-state index in [0.717, 1.165) is 6.42 Å². The zero-order chi connectivity index (χ0) is 14.7. The lowest BCUT2D eigenvalue weighted by Crippen LogP contribution is -2.42. The Bertz CT molecular complexity index is 586. The summed E-state index contributed by atoms with van der Waals surface area (Å²) in [7, 11) is 0. The van der Waals surface area contributed by atoms with Gasteiger partial charge in [0.05, 0.1) is 5.88 Å². The van der Waals surface area contributed by atoms with Gasteiger partial charge >= 0.3 is 5.97 Å². The van der Waals surface area contributed by atoms with Gasteiger partial charge in [-0.3, -0.25) is 9.59 Å². The number of hydrogen-bond acceptors (Lipinski definition) is 5. The number of carboxylic acids is 1. The molecule has 1 fully saturated rings. The van der Waals surface area contributed by atoms with E-state index in [1.165, 1.54) is 33.5 Å². The summed E-state index contributed by atoms with van der Waals surface area (Å²) in [6, 6.07) is 1.80. The van der Waals surface area contributed by atoms with Gasteiger partial charge in [0.2, 0.25) is 0 Å². The largest absolute Gasteiger partial charge is 0.480 e. The molecule has 1 amide bonds. The highest BCUT2D eigenvalue weighted by molar-refractivity contribution is 7.99. The quantitative estimate of drug-likeness (QED) is 0.856. The van der Waals surface area contributed by atoms with Crippen molar-refractivity contribution in [3.8, 4) is 0 Å². The number of carbonyl (C=O) groups excluding carboxylic acids is 1. The molecule has 8 heteroatoms. The van der Waals surface area contributed by atoms with Gasteiger partial charge in [0.1, 0.15) is 11.7 Å². The second-order valence-electron chi connectivity index (χ2n) is 4.41. The molecule has 1 aromatic heterocycles. The number of hydrogen-bond donors (Lipinski definition) is 1. The topological polar surface area (TPSA) is 92.5 Å². The van der Waals surface area contributed by atoms with Gasteiger partial charge in [-0.15, -0.1) is 11.8 Å². The molecular weight excluding hydrogens is 282 g/mol. The Labute approximate surface area is 119 Å². The Balaban J connectivity index is 2.27. The van der Waals surface area contributed by atoms with Crippen LogP contribution in [0.5, 0.6) is 0 Å². The van der Waals surface area contributed by atoms with Crippen LogP contribution in [0.15, 0.2) is 16.9 Å². The molecule has 1 aliphatic heterocycles. The number of carboxylic acid groups (broad SMARTS) is 1. The van der Waals surface area contributed by atoms with Gasteiger partial charge in [-0.05, 0) is 12.5 Å². The first-order valence-corrected chi connectivity index (χ1v) is 7.39. The summed E-state index contributed by atoms with van der Waals surface area (Å²) in [5.74, 6) is -0.780. The maximum atomic E-state index is 12.3. The second-order valence-corrected chi connectivity index (χ2v) is 5.41. The zero-order valence-corrected chi connectivity index (χ0v) is 11.8. The number of rotatable bonds is 4. The minimum absolute atomic E-state index is 0.104. The number of aryl methyl sites for hydroxylation is 1. The molecule has 1 aromatic rings. The lowest BCUT2D eigenvalue weighted by molar-refractivity contribution is -0.140. The molecule has 0 unspecified atom stereocenters. The average molecular weight is 297 g/mol. The van der Waals surface area contributed by atoms with Gasteiger partial charge in [0.25, 0.3) is 11.5 Å².